The summed E-state index contributed by atoms with van der Waals surface area (Å²) in [6.45, 7) is 5.21. The fourth-order valence-electron chi connectivity index (χ4n) is 1.03. The summed E-state index contributed by atoms with van der Waals surface area (Å²) in [5.41, 5.74) is 5.70. The van der Waals surface area contributed by atoms with Crippen LogP contribution in [0.15, 0.2) is 16.7 Å². The first-order valence-corrected chi connectivity index (χ1v) is 3.94. The van der Waals surface area contributed by atoms with Crippen LogP contribution in [0, 0.1) is 6.92 Å². The number of aryl methyl sites for hydroxylation is 1. The lowest BCUT2D eigenvalue weighted by Gasteiger charge is -2.24. The third kappa shape index (κ3) is 1.87. The Hall–Kier alpha value is -0.800. The second-order valence-electron chi connectivity index (χ2n) is 3.62. The summed E-state index contributed by atoms with van der Waals surface area (Å²) >= 11 is 0. The van der Waals surface area contributed by atoms with Gasteiger partial charge in [0, 0.05) is 5.56 Å². The topological polar surface area (TPSA) is 59.4 Å². The average Bonchev–Trinajstić information content (AvgIpc) is 2.32. The van der Waals surface area contributed by atoms with Gasteiger partial charge < -0.3 is 15.3 Å². The summed E-state index contributed by atoms with van der Waals surface area (Å²) in [7, 11) is 0. The van der Waals surface area contributed by atoms with E-state index in [4.69, 9.17) is 10.2 Å². The normalized spacial score (nSPS) is 14.8. The standard InChI is InChI=1S/C9H15NO2/c1-6-4-7(5-12-6)8(10)9(2,3)11/h4-5,8,11H,10H2,1-3H3. The molecule has 1 unspecified atom stereocenters. The van der Waals surface area contributed by atoms with Crippen LogP contribution in [0.3, 0.4) is 0 Å². The molecule has 0 fully saturated rings. The van der Waals surface area contributed by atoms with Crippen LogP contribution in [0.1, 0.15) is 31.2 Å². The van der Waals surface area contributed by atoms with Crippen LogP contribution in [0.2, 0.25) is 0 Å². The molecule has 1 atom stereocenters. The molecule has 0 aliphatic carbocycles. The highest BCUT2D eigenvalue weighted by Gasteiger charge is 2.25. The molecule has 0 aromatic carbocycles. The zero-order valence-corrected chi connectivity index (χ0v) is 7.66. The van der Waals surface area contributed by atoms with Gasteiger partial charge in [0.1, 0.15) is 5.76 Å². The fraction of sp³-hybridized carbons (Fsp3) is 0.556. The molecular weight excluding hydrogens is 154 g/mol. The SMILES string of the molecule is Cc1cc(C(N)C(C)(C)O)co1. The van der Waals surface area contributed by atoms with E-state index in [0.717, 1.165) is 11.3 Å². The number of nitrogens with two attached hydrogens (primary N) is 1. The van der Waals surface area contributed by atoms with Crippen molar-refractivity contribution in [3.05, 3.63) is 23.7 Å². The quantitative estimate of drug-likeness (QED) is 0.702. The van der Waals surface area contributed by atoms with Gasteiger partial charge >= 0.3 is 0 Å². The molecule has 3 nitrogen and oxygen atoms in total. The van der Waals surface area contributed by atoms with Crippen LogP contribution in [-0.2, 0) is 0 Å². The van der Waals surface area contributed by atoms with Crippen molar-refractivity contribution in [3.63, 3.8) is 0 Å². The van der Waals surface area contributed by atoms with Crippen molar-refractivity contribution in [3.8, 4) is 0 Å². The summed E-state index contributed by atoms with van der Waals surface area (Å²) in [6.07, 6.45) is 1.58. The maximum Gasteiger partial charge on any atom is 0.101 e. The number of aliphatic hydroxyl groups is 1. The second kappa shape index (κ2) is 2.92. The third-order valence-corrected chi connectivity index (χ3v) is 1.87. The molecule has 1 aromatic heterocycles. The van der Waals surface area contributed by atoms with E-state index in [0.29, 0.717) is 0 Å². The van der Waals surface area contributed by atoms with Crippen LogP contribution in [0.25, 0.3) is 0 Å². The Labute approximate surface area is 72.2 Å². The zero-order valence-electron chi connectivity index (χ0n) is 7.66. The van der Waals surface area contributed by atoms with E-state index < -0.39 is 11.6 Å². The highest BCUT2D eigenvalue weighted by Crippen LogP contribution is 2.23. The average molecular weight is 169 g/mol. The lowest BCUT2D eigenvalue weighted by molar-refractivity contribution is 0.0515. The Morgan fingerprint density at radius 1 is 1.58 bits per heavy atom. The fourth-order valence-corrected chi connectivity index (χ4v) is 1.03. The molecule has 0 saturated carbocycles. The van der Waals surface area contributed by atoms with Gasteiger partial charge in [-0.2, -0.15) is 0 Å². The minimum Gasteiger partial charge on any atom is -0.469 e. The number of rotatable bonds is 2. The van der Waals surface area contributed by atoms with Gasteiger partial charge in [0.15, 0.2) is 0 Å². The van der Waals surface area contributed by atoms with Crippen molar-refractivity contribution in [2.45, 2.75) is 32.4 Å². The summed E-state index contributed by atoms with van der Waals surface area (Å²) in [6, 6.07) is 1.44. The van der Waals surface area contributed by atoms with E-state index in [-0.39, 0.29) is 0 Å². The number of hydrogen-bond donors (Lipinski definition) is 2. The van der Waals surface area contributed by atoms with Crippen molar-refractivity contribution in [1.29, 1.82) is 0 Å². The predicted octanol–water partition coefficient (Wildman–Crippen LogP) is 1.36. The second-order valence-corrected chi connectivity index (χ2v) is 3.62. The number of furan rings is 1. The minimum atomic E-state index is -0.906. The van der Waals surface area contributed by atoms with E-state index in [1.165, 1.54) is 0 Å². The Kier molecular flexibility index (Phi) is 2.26. The first kappa shape index (κ1) is 9.29. The lowest BCUT2D eigenvalue weighted by atomic mass is 9.95. The molecule has 0 bridgehead atoms. The molecular formula is C9H15NO2. The molecule has 0 saturated heterocycles. The van der Waals surface area contributed by atoms with Crippen molar-refractivity contribution < 1.29 is 9.52 Å². The Balaban J connectivity index is 2.85. The van der Waals surface area contributed by atoms with Gasteiger partial charge in [-0.05, 0) is 26.8 Å². The molecule has 1 rings (SSSR count). The van der Waals surface area contributed by atoms with Crippen LogP contribution in [0.5, 0.6) is 0 Å². The number of hydrogen-bond acceptors (Lipinski definition) is 3. The highest BCUT2D eigenvalue weighted by atomic mass is 16.3. The summed E-state index contributed by atoms with van der Waals surface area (Å²) < 4.78 is 5.09. The monoisotopic (exact) mass is 169 g/mol. The van der Waals surface area contributed by atoms with Gasteiger partial charge in [-0.3, -0.25) is 0 Å². The maximum atomic E-state index is 9.58. The molecule has 0 radical (unpaired) electrons. The van der Waals surface area contributed by atoms with E-state index in [1.807, 2.05) is 13.0 Å². The van der Waals surface area contributed by atoms with Gasteiger partial charge in [0.2, 0.25) is 0 Å². The van der Waals surface area contributed by atoms with Gasteiger partial charge in [-0.1, -0.05) is 0 Å². The van der Waals surface area contributed by atoms with E-state index >= 15 is 0 Å². The van der Waals surface area contributed by atoms with Gasteiger partial charge in [0.05, 0.1) is 17.9 Å². The summed E-state index contributed by atoms with van der Waals surface area (Å²) in [5.74, 6) is 0.810. The Morgan fingerprint density at radius 2 is 2.17 bits per heavy atom. The molecule has 0 amide bonds. The zero-order chi connectivity index (χ0) is 9.35. The summed E-state index contributed by atoms with van der Waals surface area (Å²) in [5, 5.41) is 9.58. The maximum absolute atomic E-state index is 9.58. The predicted molar refractivity (Wildman–Crippen MR) is 46.7 cm³/mol. The van der Waals surface area contributed by atoms with E-state index in [9.17, 15) is 5.11 Å². The Bertz CT molecular complexity index is 260. The van der Waals surface area contributed by atoms with Crippen molar-refractivity contribution >= 4 is 0 Å². The van der Waals surface area contributed by atoms with Gasteiger partial charge in [0.25, 0.3) is 0 Å². The van der Waals surface area contributed by atoms with Crippen LogP contribution in [0.4, 0.5) is 0 Å². The molecule has 0 spiro atoms. The molecule has 68 valence electrons. The molecule has 3 N–H and O–H groups in total. The first-order chi connectivity index (χ1) is 5.41. The molecule has 0 aliphatic heterocycles. The minimum absolute atomic E-state index is 0.394. The smallest absolute Gasteiger partial charge is 0.101 e. The van der Waals surface area contributed by atoms with Gasteiger partial charge in [-0.15, -0.1) is 0 Å². The van der Waals surface area contributed by atoms with Crippen molar-refractivity contribution in [2.24, 2.45) is 5.73 Å². The van der Waals surface area contributed by atoms with Crippen molar-refractivity contribution in [1.82, 2.24) is 0 Å². The molecule has 0 aliphatic rings. The van der Waals surface area contributed by atoms with Crippen LogP contribution >= 0.6 is 0 Å². The van der Waals surface area contributed by atoms with Crippen molar-refractivity contribution in [2.75, 3.05) is 0 Å². The third-order valence-electron chi connectivity index (χ3n) is 1.87. The van der Waals surface area contributed by atoms with Crippen LogP contribution in [-0.4, -0.2) is 10.7 Å². The largest absolute Gasteiger partial charge is 0.469 e. The molecule has 1 heterocycles. The van der Waals surface area contributed by atoms with E-state index in [2.05, 4.69) is 0 Å². The van der Waals surface area contributed by atoms with Gasteiger partial charge in [-0.25, -0.2) is 0 Å². The summed E-state index contributed by atoms with van der Waals surface area (Å²) in [4.78, 5) is 0. The Morgan fingerprint density at radius 3 is 2.50 bits per heavy atom. The van der Waals surface area contributed by atoms with E-state index in [1.54, 1.807) is 20.1 Å². The van der Waals surface area contributed by atoms with Crippen LogP contribution < -0.4 is 5.73 Å². The first-order valence-electron chi connectivity index (χ1n) is 3.94. The lowest BCUT2D eigenvalue weighted by Crippen LogP contribution is -2.34. The highest BCUT2D eigenvalue weighted by molar-refractivity contribution is 5.18. The molecule has 1 aromatic rings. The molecule has 3 heteroatoms. The molecule has 12 heavy (non-hydrogen) atoms.